The van der Waals surface area contributed by atoms with Gasteiger partial charge in [0.25, 0.3) is 5.91 Å². The molecule has 0 saturated carbocycles. The molecule has 0 atom stereocenters. The molecule has 3 nitrogen and oxygen atoms in total. The number of hydrogen-bond donors (Lipinski definition) is 2. The third kappa shape index (κ3) is 2.51. The first kappa shape index (κ1) is 13.0. The van der Waals surface area contributed by atoms with E-state index in [0.717, 1.165) is 16.5 Å². The molecule has 96 valence electrons. The summed E-state index contributed by atoms with van der Waals surface area (Å²) in [5.74, 6) is 0.376. The lowest BCUT2D eigenvalue weighted by atomic mass is 10.1. The minimum Gasteiger partial charge on any atom is -0.351 e. The Bertz CT molecular complexity index is 587. The van der Waals surface area contributed by atoms with Gasteiger partial charge in [0.15, 0.2) is 0 Å². The number of aryl methyl sites for hydroxylation is 1. The minimum absolute atomic E-state index is 0.0616. The van der Waals surface area contributed by atoms with Crippen molar-refractivity contribution in [2.24, 2.45) is 5.92 Å². The maximum Gasteiger partial charge on any atom is 0.268 e. The molecule has 0 fully saturated rings. The van der Waals surface area contributed by atoms with Gasteiger partial charge in [0, 0.05) is 22.5 Å². The molecule has 1 aromatic heterocycles. The number of aromatic nitrogens is 1. The van der Waals surface area contributed by atoms with Crippen LogP contribution in [0.15, 0.2) is 18.2 Å². The zero-order chi connectivity index (χ0) is 13.3. The number of benzene rings is 1. The molecule has 0 aliphatic carbocycles. The van der Waals surface area contributed by atoms with E-state index in [2.05, 4.69) is 24.1 Å². The largest absolute Gasteiger partial charge is 0.351 e. The van der Waals surface area contributed by atoms with Crippen molar-refractivity contribution in [1.29, 1.82) is 0 Å². The topological polar surface area (TPSA) is 44.9 Å². The van der Waals surface area contributed by atoms with Crippen LogP contribution in [0.2, 0.25) is 5.02 Å². The number of H-pyrrole nitrogens is 1. The van der Waals surface area contributed by atoms with Gasteiger partial charge in [-0.3, -0.25) is 4.79 Å². The molecule has 4 heteroatoms. The number of amides is 1. The molecule has 0 spiro atoms. The van der Waals surface area contributed by atoms with Gasteiger partial charge in [-0.15, -0.1) is 0 Å². The summed E-state index contributed by atoms with van der Waals surface area (Å²) in [7, 11) is 0. The number of halogens is 1. The van der Waals surface area contributed by atoms with Crippen LogP contribution in [0.25, 0.3) is 10.9 Å². The van der Waals surface area contributed by atoms with E-state index in [-0.39, 0.29) is 5.91 Å². The Morgan fingerprint density at radius 2 is 2.17 bits per heavy atom. The first-order valence-electron chi connectivity index (χ1n) is 6.05. The zero-order valence-electron chi connectivity index (χ0n) is 10.8. The second kappa shape index (κ2) is 5.02. The molecule has 2 aromatic rings. The highest BCUT2D eigenvalue weighted by molar-refractivity contribution is 6.31. The molecule has 0 aliphatic rings. The van der Waals surface area contributed by atoms with Crippen molar-refractivity contribution < 1.29 is 4.79 Å². The number of aromatic amines is 1. The van der Waals surface area contributed by atoms with Crippen molar-refractivity contribution in [2.75, 3.05) is 6.54 Å². The first-order valence-corrected chi connectivity index (χ1v) is 6.43. The quantitative estimate of drug-likeness (QED) is 0.875. The molecule has 18 heavy (non-hydrogen) atoms. The third-order valence-electron chi connectivity index (χ3n) is 2.92. The van der Waals surface area contributed by atoms with Crippen molar-refractivity contribution in [3.63, 3.8) is 0 Å². The van der Waals surface area contributed by atoms with Crippen LogP contribution in [-0.2, 0) is 0 Å². The van der Waals surface area contributed by atoms with Gasteiger partial charge in [0.05, 0.1) is 0 Å². The number of hydrogen-bond acceptors (Lipinski definition) is 1. The number of fused-ring (bicyclic) bond motifs is 1. The van der Waals surface area contributed by atoms with Gasteiger partial charge in [0.2, 0.25) is 0 Å². The van der Waals surface area contributed by atoms with Crippen molar-refractivity contribution in [1.82, 2.24) is 10.3 Å². The van der Waals surface area contributed by atoms with E-state index in [9.17, 15) is 4.79 Å². The van der Waals surface area contributed by atoms with Gasteiger partial charge in [-0.25, -0.2) is 0 Å². The second-order valence-corrected chi connectivity index (χ2v) is 5.36. The lowest BCUT2D eigenvalue weighted by Crippen LogP contribution is -2.28. The molecule has 0 bridgehead atoms. The molecule has 1 aromatic carbocycles. The fraction of sp³-hybridized carbons (Fsp3) is 0.357. The zero-order valence-corrected chi connectivity index (χ0v) is 11.6. The van der Waals surface area contributed by atoms with E-state index in [4.69, 9.17) is 11.6 Å². The summed E-state index contributed by atoms with van der Waals surface area (Å²) in [4.78, 5) is 15.2. The van der Waals surface area contributed by atoms with E-state index in [1.54, 1.807) is 0 Å². The number of carbonyl (C=O) groups excluding carboxylic acids is 1. The van der Waals surface area contributed by atoms with E-state index < -0.39 is 0 Å². The molecule has 0 unspecified atom stereocenters. The van der Waals surface area contributed by atoms with Gasteiger partial charge >= 0.3 is 0 Å². The van der Waals surface area contributed by atoms with Crippen LogP contribution in [0.1, 0.15) is 29.9 Å². The summed E-state index contributed by atoms with van der Waals surface area (Å²) in [6.45, 7) is 6.74. The van der Waals surface area contributed by atoms with E-state index in [1.807, 2.05) is 25.1 Å². The van der Waals surface area contributed by atoms with Gasteiger partial charge in [-0.1, -0.05) is 25.4 Å². The van der Waals surface area contributed by atoms with Crippen LogP contribution in [-0.4, -0.2) is 17.4 Å². The van der Waals surface area contributed by atoms with Crippen LogP contribution in [0.4, 0.5) is 0 Å². The maximum absolute atomic E-state index is 12.0. The van der Waals surface area contributed by atoms with Gasteiger partial charge in [0.1, 0.15) is 5.69 Å². The Kier molecular flexibility index (Phi) is 3.62. The Morgan fingerprint density at radius 3 is 2.83 bits per heavy atom. The number of carbonyl (C=O) groups is 1. The van der Waals surface area contributed by atoms with Crippen LogP contribution in [0.5, 0.6) is 0 Å². The summed E-state index contributed by atoms with van der Waals surface area (Å²) in [5.41, 5.74) is 2.49. The van der Waals surface area contributed by atoms with E-state index in [1.165, 1.54) is 0 Å². The number of rotatable bonds is 3. The predicted octanol–water partition coefficient (Wildman–Crippen LogP) is 3.52. The Morgan fingerprint density at radius 1 is 1.44 bits per heavy atom. The second-order valence-electron chi connectivity index (χ2n) is 4.92. The van der Waals surface area contributed by atoms with Crippen molar-refractivity contribution >= 4 is 28.4 Å². The van der Waals surface area contributed by atoms with Crippen LogP contribution >= 0.6 is 11.6 Å². The summed E-state index contributed by atoms with van der Waals surface area (Å²) in [6, 6.07) is 5.58. The SMILES string of the molecule is Cc1c(C(=O)NCC(C)C)[nH]c2ccc(Cl)cc12. The van der Waals surface area contributed by atoms with E-state index in [0.29, 0.717) is 23.2 Å². The fourth-order valence-corrected chi connectivity index (χ4v) is 2.08. The molecule has 1 heterocycles. The highest BCUT2D eigenvalue weighted by Gasteiger charge is 2.14. The van der Waals surface area contributed by atoms with Crippen molar-refractivity contribution in [3.05, 3.63) is 34.5 Å². The Hall–Kier alpha value is -1.48. The molecule has 0 aliphatic heterocycles. The summed E-state index contributed by atoms with van der Waals surface area (Å²) in [5, 5.41) is 4.59. The first-order chi connectivity index (χ1) is 8.49. The standard InChI is InChI=1S/C14H17ClN2O/c1-8(2)7-16-14(18)13-9(3)11-6-10(15)4-5-12(11)17-13/h4-6,8,17H,7H2,1-3H3,(H,16,18). The number of nitrogens with one attached hydrogen (secondary N) is 2. The molecule has 0 saturated heterocycles. The minimum atomic E-state index is -0.0616. The van der Waals surface area contributed by atoms with Crippen molar-refractivity contribution in [2.45, 2.75) is 20.8 Å². The van der Waals surface area contributed by atoms with Gasteiger partial charge < -0.3 is 10.3 Å². The van der Waals surface area contributed by atoms with Gasteiger partial charge in [-0.05, 0) is 36.6 Å². The summed E-state index contributed by atoms with van der Waals surface area (Å²) < 4.78 is 0. The summed E-state index contributed by atoms with van der Waals surface area (Å²) in [6.07, 6.45) is 0. The third-order valence-corrected chi connectivity index (χ3v) is 3.15. The molecule has 2 N–H and O–H groups in total. The lowest BCUT2D eigenvalue weighted by molar-refractivity contribution is 0.0944. The Labute approximate surface area is 112 Å². The predicted molar refractivity (Wildman–Crippen MR) is 75.2 cm³/mol. The van der Waals surface area contributed by atoms with Crippen LogP contribution in [0.3, 0.4) is 0 Å². The molecular weight excluding hydrogens is 248 g/mol. The average Bonchev–Trinajstić information content (AvgIpc) is 2.64. The normalized spacial score (nSPS) is 11.2. The fourth-order valence-electron chi connectivity index (χ4n) is 1.91. The smallest absolute Gasteiger partial charge is 0.268 e. The highest BCUT2D eigenvalue weighted by Crippen LogP contribution is 2.24. The molecule has 1 amide bonds. The van der Waals surface area contributed by atoms with Crippen LogP contribution < -0.4 is 5.32 Å². The van der Waals surface area contributed by atoms with Crippen molar-refractivity contribution in [3.8, 4) is 0 Å². The molecule has 2 rings (SSSR count). The molecular formula is C14H17ClN2O. The maximum atomic E-state index is 12.0. The monoisotopic (exact) mass is 264 g/mol. The summed E-state index contributed by atoms with van der Waals surface area (Å²) >= 11 is 5.97. The van der Waals surface area contributed by atoms with Gasteiger partial charge in [-0.2, -0.15) is 0 Å². The average molecular weight is 265 g/mol. The van der Waals surface area contributed by atoms with Crippen LogP contribution in [0, 0.1) is 12.8 Å². The van der Waals surface area contributed by atoms with E-state index >= 15 is 0 Å². The Balaban J connectivity index is 2.34. The highest BCUT2D eigenvalue weighted by atomic mass is 35.5. The molecule has 0 radical (unpaired) electrons. The lowest BCUT2D eigenvalue weighted by Gasteiger charge is -2.06.